The number of carbonyl (C=O) groups is 1. The van der Waals surface area contributed by atoms with E-state index in [2.05, 4.69) is 27.7 Å². The van der Waals surface area contributed by atoms with Gasteiger partial charge < -0.3 is 37.6 Å². The van der Waals surface area contributed by atoms with Crippen LogP contribution in [0.25, 0.3) is 0 Å². The maximum Gasteiger partial charge on any atom is 0.512 e. The highest BCUT2D eigenvalue weighted by atomic mass is 127. The molecule has 2 fully saturated rings. The zero-order chi connectivity index (χ0) is 27.6. The lowest BCUT2D eigenvalue weighted by Crippen LogP contribution is -3.00. The van der Waals surface area contributed by atoms with E-state index in [1.165, 1.54) is 5.56 Å². The molecule has 0 spiro atoms. The van der Waals surface area contributed by atoms with Crippen LogP contribution < -0.4 is 28.2 Å². The number of ether oxygens (including phenoxy) is 2. The minimum absolute atomic E-state index is 0. The van der Waals surface area contributed by atoms with Gasteiger partial charge >= 0.3 is 16.6 Å². The normalized spacial score (nSPS) is 27.9. The summed E-state index contributed by atoms with van der Waals surface area (Å²) in [6.45, 7) is 13.8. The van der Waals surface area contributed by atoms with Gasteiger partial charge in [-0.3, -0.25) is 4.48 Å². The van der Waals surface area contributed by atoms with Gasteiger partial charge in [0.2, 0.25) is 6.73 Å². The Morgan fingerprint density at radius 2 is 1.77 bits per heavy atom. The van der Waals surface area contributed by atoms with Crippen molar-refractivity contribution in [3.63, 3.8) is 0 Å². The molecule has 0 amide bonds. The van der Waals surface area contributed by atoms with Crippen molar-refractivity contribution in [1.29, 1.82) is 0 Å². The summed E-state index contributed by atoms with van der Waals surface area (Å²) in [5, 5.41) is 0. The van der Waals surface area contributed by atoms with Crippen LogP contribution in [0.5, 0.6) is 5.75 Å². The van der Waals surface area contributed by atoms with E-state index in [1.807, 2.05) is 19.1 Å². The lowest BCUT2D eigenvalue weighted by atomic mass is 9.55. The standard InChI is InChI=1S/C29H46NO7S.HI/c1-6-18-35-38(32,33)37-22-11-13-23-21(19-22)10-12-25-24(23)16-17-29(5)26(25)14-15-27(29)36-28(31)34-20-30(7-2,8-3)9-4;/h11,13,19,24-27H,6-10,12,14-18,20H2,1-5H3;1H/q+1;/p-1/t24-,25-,26+,27+,29+;/m1./s1. The van der Waals surface area contributed by atoms with E-state index < -0.39 is 16.6 Å². The van der Waals surface area contributed by atoms with Gasteiger partial charge in [-0.05, 0) is 107 Å². The minimum atomic E-state index is -4.05. The summed E-state index contributed by atoms with van der Waals surface area (Å²) in [7, 11) is -4.05. The molecular weight excluding hydrogens is 633 g/mol. The van der Waals surface area contributed by atoms with Gasteiger partial charge in [-0.2, -0.15) is 8.42 Å². The van der Waals surface area contributed by atoms with Crippen LogP contribution in [0.4, 0.5) is 4.79 Å². The summed E-state index contributed by atoms with van der Waals surface area (Å²) in [6, 6.07) is 5.66. The lowest BCUT2D eigenvalue weighted by Gasteiger charge is -2.50. The second-order valence-corrected chi connectivity index (χ2v) is 12.9. The van der Waals surface area contributed by atoms with E-state index in [1.54, 1.807) is 6.07 Å². The number of aryl methyl sites for hydroxylation is 1. The first-order valence-electron chi connectivity index (χ1n) is 14.5. The molecule has 2 saturated carbocycles. The number of hydrogen-bond acceptors (Lipinski definition) is 7. The second kappa shape index (κ2) is 13.2. The molecule has 0 radical (unpaired) electrons. The number of halogens is 1. The molecule has 0 heterocycles. The van der Waals surface area contributed by atoms with Gasteiger partial charge in [-0.15, -0.1) is 0 Å². The average molecular weight is 680 g/mol. The zero-order valence-electron chi connectivity index (χ0n) is 24.1. The molecule has 4 rings (SSSR count). The summed E-state index contributed by atoms with van der Waals surface area (Å²) in [5.74, 6) is 1.76. The molecule has 8 nitrogen and oxygen atoms in total. The van der Waals surface area contributed by atoms with E-state index in [9.17, 15) is 13.2 Å². The molecule has 5 atom stereocenters. The maximum absolute atomic E-state index is 12.7. The van der Waals surface area contributed by atoms with Crippen LogP contribution in [0, 0.1) is 17.3 Å². The Morgan fingerprint density at radius 3 is 2.44 bits per heavy atom. The summed E-state index contributed by atoms with van der Waals surface area (Å²) in [4.78, 5) is 12.7. The molecule has 3 aliphatic carbocycles. The molecule has 39 heavy (non-hydrogen) atoms. The summed E-state index contributed by atoms with van der Waals surface area (Å²) >= 11 is 0. The van der Waals surface area contributed by atoms with Crippen molar-refractivity contribution in [3.8, 4) is 5.75 Å². The quantitative estimate of drug-likeness (QED) is 0.154. The Bertz CT molecular complexity index is 1080. The first-order chi connectivity index (χ1) is 18.1. The van der Waals surface area contributed by atoms with E-state index in [4.69, 9.17) is 17.8 Å². The third-order valence-corrected chi connectivity index (χ3v) is 10.8. The zero-order valence-corrected chi connectivity index (χ0v) is 27.1. The second-order valence-electron chi connectivity index (χ2n) is 11.6. The van der Waals surface area contributed by atoms with Crippen LogP contribution in [-0.4, -0.2) is 58.1 Å². The molecule has 222 valence electrons. The third kappa shape index (κ3) is 6.86. The van der Waals surface area contributed by atoms with Crippen molar-refractivity contribution in [2.75, 3.05) is 33.0 Å². The first kappa shape index (κ1) is 32.4. The Morgan fingerprint density at radius 1 is 1.05 bits per heavy atom. The van der Waals surface area contributed by atoms with Crippen LogP contribution in [0.15, 0.2) is 18.2 Å². The monoisotopic (exact) mass is 679 g/mol. The van der Waals surface area contributed by atoms with E-state index in [-0.39, 0.29) is 42.1 Å². The van der Waals surface area contributed by atoms with Crippen LogP contribution in [0.3, 0.4) is 0 Å². The Hall–Kier alpha value is -1.11. The van der Waals surface area contributed by atoms with Crippen LogP contribution >= 0.6 is 0 Å². The van der Waals surface area contributed by atoms with Crippen molar-refractivity contribution >= 4 is 16.6 Å². The SMILES string of the molecule is CCCOS(=O)(=O)Oc1ccc2c(c1)CC[C@@H]1[C@@H]2CC[C@]2(C)[C@@H](OC(=O)OC[N+](CC)(CC)CC)CC[C@@H]12.[I-]. The van der Waals surface area contributed by atoms with Crippen molar-refractivity contribution < 1.29 is 59.5 Å². The number of fused-ring (bicyclic) bond motifs is 5. The fourth-order valence-electron chi connectivity index (χ4n) is 7.37. The van der Waals surface area contributed by atoms with E-state index in [0.29, 0.717) is 36.7 Å². The smallest absolute Gasteiger partial charge is 0.512 e. The maximum atomic E-state index is 12.7. The predicted molar refractivity (Wildman–Crippen MR) is 145 cm³/mol. The highest BCUT2D eigenvalue weighted by molar-refractivity contribution is 7.82. The molecule has 0 aromatic heterocycles. The lowest BCUT2D eigenvalue weighted by molar-refractivity contribution is -0.939. The third-order valence-electron chi connectivity index (χ3n) is 9.95. The fraction of sp³-hybridized carbons (Fsp3) is 0.759. The molecule has 1 aromatic carbocycles. The van der Waals surface area contributed by atoms with Crippen LogP contribution in [-0.2, 0) is 30.5 Å². The van der Waals surface area contributed by atoms with Crippen molar-refractivity contribution in [1.82, 2.24) is 0 Å². The van der Waals surface area contributed by atoms with Crippen molar-refractivity contribution in [3.05, 3.63) is 29.3 Å². The van der Waals surface area contributed by atoms with Gasteiger partial charge in [-0.25, -0.2) is 8.98 Å². The van der Waals surface area contributed by atoms with Gasteiger partial charge in [0.25, 0.3) is 0 Å². The summed E-state index contributed by atoms with van der Waals surface area (Å²) in [6.07, 6.45) is 5.83. The molecule has 0 bridgehead atoms. The molecule has 0 N–H and O–H groups in total. The van der Waals surface area contributed by atoms with Gasteiger partial charge in [-0.1, -0.05) is 19.9 Å². The molecule has 1 aromatic rings. The number of benzene rings is 1. The highest BCUT2D eigenvalue weighted by Crippen LogP contribution is 2.61. The van der Waals surface area contributed by atoms with Crippen molar-refractivity contribution in [2.45, 2.75) is 91.6 Å². The van der Waals surface area contributed by atoms with Gasteiger partial charge in [0, 0.05) is 5.41 Å². The molecule has 3 aliphatic rings. The average Bonchev–Trinajstić information content (AvgIpc) is 3.24. The van der Waals surface area contributed by atoms with Gasteiger partial charge in [0.05, 0.1) is 26.2 Å². The molecule has 0 saturated heterocycles. The fourth-order valence-corrected chi connectivity index (χ4v) is 8.13. The Balaban J connectivity index is 0.00000420. The Labute approximate surface area is 252 Å². The number of quaternary nitrogens is 1. The highest BCUT2D eigenvalue weighted by Gasteiger charge is 2.56. The molecule has 10 heteroatoms. The van der Waals surface area contributed by atoms with Crippen LogP contribution in [0.2, 0.25) is 0 Å². The topological polar surface area (TPSA) is 88.1 Å². The molecule has 0 unspecified atom stereocenters. The first-order valence-corrected chi connectivity index (χ1v) is 15.8. The summed E-state index contributed by atoms with van der Waals surface area (Å²) < 4.78 is 46.6. The minimum Gasteiger partial charge on any atom is -1.00 e. The summed E-state index contributed by atoms with van der Waals surface area (Å²) in [5.41, 5.74) is 2.42. The Kier molecular flexibility index (Phi) is 11.0. The van der Waals surface area contributed by atoms with E-state index >= 15 is 0 Å². The van der Waals surface area contributed by atoms with Gasteiger partial charge in [0.15, 0.2) is 0 Å². The number of nitrogens with zero attached hydrogens (tertiary/aromatic N) is 1. The van der Waals surface area contributed by atoms with Crippen LogP contribution in [0.1, 0.15) is 90.2 Å². The number of rotatable bonds is 11. The molecule has 0 aliphatic heterocycles. The number of carbonyl (C=O) groups excluding carboxylic acids is 1. The van der Waals surface area contributed by atoms with Gasteiger partial charge in [0.1, 0.15) is 11.9 Å². The number of hydrogen-bond donors (Lipinski definition) is 0. The van der Waals surface area contributed by atoms with E-state index in [0.717, 1.165) is 68.2 Å². The predicted octanol–water partition coefficient (Wildman–Crippen LogP) is 2.95. The molecular formula is C29H46INO7S. The largest absolute Gasteiger partial charge is 1.00 e. The van der Waals surface area contributed by atoms with Crippen molar-refractivity contribution in [2.24, 2.45) is 17.3 Å².